The fourth-order valence-corrected chi connectivity index (χ4v) is 2.83. The second kappa shape index (κ2) is 4.69. The summed E-state index contributed by atoms with van der Waals surface area (Å²) >= 11 is 0. The van der Waals surface area contributed by atoms with Gasteiger partial charge in [-0.25, -0.2) is 0 Å². The highest BCUT2D eigenvalue weighted by molar-refractivity contribution is 5.98. The molecule has 0 heterocycles. The molecule has 2 nitrogen and oxygen atoms in total. The Morgan fingerprint density at radius 1 is 1.17 bits per heavy atom. The lowest BCUT2D eigenvalue weighted by atomic mass is 9.72. The van der Waals surface area contributed by atoms with Crippen molar-refractivity contribution in [2.24, 2.45) is 5.41 Å². The summed E-state index contributed by atoms with van der Waals surface area (Å²) in [5.74, 6) is 0.0834. The zero-order valence-electron chi connectivity index (χ0n) is 11.2. The van der Waals surface area contributed by atoms with Crippen LogP contribution in [0.15, 0.2) is 41.5 Å². The Morgan fingerprint density at radius 2 is 1.78 bits per heavy atom. The van der Waals surface area contributed by atoms with Crippen molar-refractivity contribution in [3.8, 4) is 0 Å². The lowest BCUT2D eigenvalue weighted by Crippen LogP contribution is -2.27. The summed E-state index contributed by atoms with van der Waals surface area (Å²) in [6.07, 6.45) is 0.608. The SMILES string of the molecule is CC1=C(C(O)c2ccccc2)C(=O)CC(C)(C)C1. The Kier molecular flexibility index (Phi) is 3.40. The van der Waals surface area contributed by atoms with Crippen LogP contribution in [0.4, 0.5) is 0 Å². The maximum absolute atomic E-state index is 12.2. The molecule has 0 saturated carbocycles. The predicted octanol–water partition coefficient (Wildman–Crippen LogP) is 3.43. The van der Waals surface area contributed by atoms with Gasteiger partial charge in [0.2, 0.25) is 0 Å². The third kappa shape index (κ3) is 2.54. The van der Waals surface area contributed by atoms with Gasteiger partial charge in [-0.3, -0.25) is 4.79 Å². The van der Waals surface area contributed by atoms with E-state index >= 15 is 0 Å². The molecule has 0 bridgehead atoms. The number of aliphatic hydroxyl groups excluding tert-OH is 1. The first-order valence-corrected chi connectivity index (χ1v) is 6.36. The van der Waals surface area contributed by atoms with Gasteiger partial charge in [-0.1, -0.05) is 49.8 Å². The predicted molar refractivity (Wildman–Crippen MR) is 72.1 cm³/mol. The van der Waals surface area contributed by atoms with Crippen molar-refractivity contribution in [1.82, 2.24) is 0 Å². The number of allylic oxidation sites excluding steroid dienone is 1. The molecule has 1 aliphatic rings. The average Bonchev–Trinajstić information content (AvgIpc) is 2.27. The Balaban J connectivity index is 2.36. The minimum atomic E-state index is -0.783. The second-order valence-electron chi connectivity index (χ2n) is 5.95. The molecule has 1 atom stereocenters. The van der Waals surface area contributed by atoms with E-state index in [4.69, 9.17) is 0 Å². The Bertz CT molecular complexity index is 483. The third-order valence-corrected chi connectivity index (χ3v) is 3.53. The van der Waals surface area contributed by atoms with E-state index in [0.717, 1.165) is 17.6 Å². The zero-order chi connectivity index (χ0) is 13.3. The summed E-state index contributed by atoms with van der Waals surface area (Å²) < 4.78 is 0. The van der Waals surface area contributed by atoms with Crippen molar-refractivity contribution in [3.05, 3.63) is 47.0 Å². The smallest absolute Gasteiger partial charge is 0.162 e. The van der Waals surface area contributed by atoms with Gasteiger partial charge < -0.3 is 5.11 Å². The van der Waals surface area contributed by atoms with E-state index in [1.54, 1.807) is 0 Å². The number of Topliss-reactive ketones (excluding diaryl/α,β-unsaturated/α-hetero) is 1. The van der Waals surface area contributed by atoms with Crippen LogP contribution in [0.5, 0.6) is 0 Å². The summed E-state index contributed by atoms with van der Waals surface area (Å²) in [4.78, 5) is 12.2. The molecule has 1 aromatic carbocycles. The van der Waals surface area contributed by atoms with Crippen LogP contribution in [0.3, 0.4) is 0 Å². The van der Waals surface area contributed by atoms with Crippen molar-refractivity contribution in [2.75, 3.05) is 0 Å². The molecule has 0 radical (unpaired) electrons. The highest BCUT2D eigenvalue weighted by atomic mass is 16.3. The van der Waals surface area contributed by atoms with E-state index in [9.17, 15) is 9.90 Å². The topological polar surface area (TPSA) is 37.3 Å². The van der Waals surface area contributed by atoms with Gasteiger partial charge in [-0.05, 0) is 24.3 Å². The molecular formula is C16H20O2. The van der Waals surface area contributed by atoms with E-state index in [1.165, 1.54) is 0 Å². The minimum absolute atomic E-state index is 0.0150. The van der Waals surface area contributed by atoms with Crippen LogP contribution in [0, 0.1) is 5.41 Å². The van der Waals surface area contributed by atoms with E-state index in [0.29, 0.717) is 12.0 Å². The number of aliphatic hydroxyl groups is 1. The Labute approximate surface area is 108 Å². The van der Waals surface area contributed by atoms with E-state index in [-0.39, 0.29) is 11.2 Å². The summed E-state index contributed by atoms with van der Waals surface area (Å²) in [5, 5.41) is 10.4. The Hall–Kier alpha value is -1.41. The summed E-state index contributed by atoms with van der Waals surface area (Å²) in [6, 6.07) is 9.39. The first-order valence-electron chi connectivity index (χ1n) is 6.36. The normalized spacial score (nSPS) is 21.0. The highest BCUT2D eigenvalue weighted by Crippen LogP contribution is 2.40. The van der Waals surface area contributed by atoms with Crippen LogP contribution in [-0.4, -0.2) is 10.9 Å². The van der Waals surface area contributed by atoms with Crippen molar-refractivity contribution in [2.45, 2.75) is 39.7 Å². The molecule has 2 rings (SSSR count). The fraction of sp³-hybridized carbons (Fsp3) is 0.438. The van der Waals surface area contributed by atoms with Crippen molar-refractivity contribution < 1.29 is 9.90 Å². The van der Waals surface area contributed by atoms with Crippen LogP contribution in [0.1, 0.15) is 45.3 Å². The van der Waals surface area contributed by atoms with Crippen molar-refractivity contribution >= 4 is 5.78 Å². The third-order valence-electron chi connectivity index (χ3n) is 3.53. The monoisotopic (exact) mass is 244 g/mol. The summed E-state index contributed by atoms with van der Waals surface area (Å²) in [7, 11) is 0. The molecule has 0 aliphatic heterocycles. The number of hydrogen-bond acceptors (Lipinski definition) is 2. The number of carbonyl (C=O) groups is 1. The van der Waals surface area contributed by atoms with Crippen LogP contribution in [0.2, 0.25) is 0 Å². The molecule has 2 heteroatoms. The molecule has 1 aromatic rings. The van der Waals surface area contributed by atoms with Gasteiger partial charge in [0.05, 0.1) is 0 Å². The van der Waals surface area contributed by atoms with Gasteiger partial charge in [0.25, 0.3) is 0 Å². The quantitative estimate of drug-likeness (QED) is 0.865. The maximum atomic E-state index is 12.2. The summed E-state index contributed by atoms with van der Waals surface area (Å²) in [6.45, 7) is 6.15. The van der Waals surface area contributed by atoms with Gasteiger partial charge in [-0.2, -0.15) is 0 Å². The first kappa shape index (κ1) is 13.0. The molecule has 1 aliphatic carbocycles. The number of hydrogen-bond donors (Lipinski definition) is 1. The Morgan fingerprint density at radius 3 is 2.33 bits per heavy atom. The van der Waals surface area contributed by atoms with Gasteiger partial charge in [0.15, 0.2) is 5.78 Å². The molecule has 1 unspecified atom stereocenters. The van der Waals surface area contributed by atoms with E-state index in [2.05, 4.69) is 13.8 Å². The minimum Gasteiger partial charge on any atom is -0.384 e. The van der Waals surface area contributed by atoms with Gasteiger partial charge in [0, 0.05) is 12.0 Å². The molecular weight excluding hydrogens is 224 g/mol. The van der Waals surface area contributed by atoms with Crippen LogP contribution in [-0.2, 0) is 4.79 Å². The van der Waals surface area contributed by atoms with Crippen LogP contribution in [0.25, 0.3) is 0 Å². The largest absolute Gasteiger partial charge is 0.384 e. The first-order chi connectivity index (χ1) is 8.41. The second-order valence-corrected chi connectivity index (χ2v) is 5.95. The number of ketones is 1. The maximum Gasteiger partial charge on any atom is 0.162 e. The summed E-state index contributed by atoms with van der Waals surface area (Å²) in [5.41, 5.74) is 2.43. The van der Waals surface area contributed by atoms with Crippen molar-refractivity contribution in [1.29, 1.82) is 0 Å². The average molecular weight is 244 g/mol. The molecule has 0 aromatic heterocycles. The van der Waals surface area contributed by atoms with Gasteiger partial charge in [-0.15, -0.1) is 0 Å². The highest BCUT2D eigenvalue weighted by Gasteiger charge is 2.34. The molecule has 0 fully saturated rings. The number of rotatable bonds is 2. The van der Waals surface area contributed by atoms with Crippen LogP contribution >= 0.6 is 0 Å². The van der Waals surface area contributed by atoms with E-state index < -0.39 is 6.10 Å². The number of carbonyl (C=O) groups excluding carboxylic acids is 1. The molecule has 96 valence electrons. The molecule has 0 spiro atoms. The molecule has 1 N–H and O–H groups in total. The van der Waals surface area contributed by atoms with Gasteiger partial charge in [0.1, 0.15) is 6.10 Å². The van der Waals surface area contributed by atoms with Gasteiger partial charge >= 0.3 is 0 Å². The molecule has 0 saturated heterocycles. The standard InChI is InChI=1S/C16H20O2/c1-11-9-16(2,3)10-13(17)14(11)15(18)12-7-5-4-6-8-12/h4-8,15,18H,9-10H2,1-3H3. The molecule has 18 heavy (non-hydrogen) atoms. The lowest BCUT2D eigenvalue weighted by Gasteiger charge is -2.32. The van der Waals surface area contributed by atoms with Crippen molar-refractivity contribution in [3.63, 3.8) is 0 Å². The fourth-order valence-electron chi connectivity index (χ4n) is 2.83. The lowest BCUT2D eigenvalue weighted by molar-refractivity contribution is -0.119. The van der Waals surface area contributed by atoms with Crippen LogP contribution < -0.4 is 0 Å². The molecule has 0 amide bonds. The van der Waals surface area contributed by atoms with E-state index in [1.807, 2.05) is 37.3 Å². The number of benzene rings is 1. The zero-order valence-corrected chi connectivity index (χ0v) is 11.2.